The zero-order chi connectivity index (χ0) is 14.2. The Kier molecular flexibility index (Phi) is 4.21. The normalized spacial score (nSPS) is 10.5. The Bertz CT molecular complexity index is 673. The van der Waals surface area contributed by atoms with E-state index in [0.29, 0.717) is 16.3 Å². The molecular weight excluding hydrogens is 332 g/mol. The third kappa shape index (κ3) is 2.95. The Labute approximate surface area is 128 Å². The summed E-state index contributed by atoms with van der Waals surface area (Å²) in [6.07, 6.45) is 0. The molecule has 0 unspecified atom stereocenters. The minimum Gasteiger partial charge on any atom is -0.478 e. The summed E-state index contributed by atoms with van der Waals surface area (Å²) in [6.45, 7) is 0. The second kappa shape index (κ2) is 5.55. The van der Waals surface area contributed by atoms with Crippen molar-refractivity contribution >= 4 is 52.4 Å². The number of benzene rings is 1. The zero-order valence-corrected chi connectivity index (χ0v) is 12.1. The van der Waals surface area contributed by atoms with Crippen LogP contribution in [0.5, 0.6) is 0 Å². The summed E-state index contributed by atoms with van der Waals surface area (Å²) in [5.41, 5.74) is 0.784. The highest BCUT2D eigenvalue weighted by molar-refractivity contribution is 6.49. The van der Waals surface area contributed by atoms with Gasteiger partial charge in [-0.3, -0.25) is 0 Å². The van der Waals surface area contributed by atoms with Gasteiger partial charge in [0.25, 0.3) is 0 Å². The number of carboxylic acids is 1. The van der Waals surface area contributed by atoms with Gasteiger partial charge in [0.15, 0.2) is 0 Å². The lowest BCUT2D eigenvalue weighted by atomic mass is 10.1. The Morgan fingerprint density at radius 1 is 1.05 bits per heavy atom. The highest BCUT2D eigenvalue weighted by Gasteiger charge is 2.14. The van der Waals surface area contributed by atoms with Gasteiger partial charge in [-0.1, -0.05) is 46.4 Å². The van der Waals surface area contributed by atoms with Gasteiger partial charge in [-0.05, 0) is 24.3 Å². The van der Waals surface area contributed by atoms with Crippen LogP contribution in [0.15, 0.2) is 24.3 Å². The molecule has 3 nitrogen and oxygen atoms in total. The van der Waals surface area contributed by atoms with Crippen molar-refractivity contribution in [2.24, 2.45) is 0 Å². The first-order chi connectivity index (χ1) is 8.90. The molecule has 1 N–H and O–H groups in total. The predicted molar refractivity (Wildman–Crippen MR) is 76.7 cm³/mol. The lowest BCUT2D eigenvalue weighted by Gasteiger charge is -2.08. The Morgan fingerprint density at radius 2 is 1.74 bits per heavy atom. The lowest BCUT2D eigenvalue weighted by molar-refractivity contribution is 0.0697. The molecule has 0 atom stereocenters. The highest BCUT2D eigenvalue weighted by atomic mass is 35.5. The van der Waals surface area contributed by atoms with E-state index < -0.39 is 5.97 Å². The summed E-state index contributed by atoms with van der Waals surface area (Å²) in [7, 11) is 0. The first-order valence-electron chi connectivity index (χ1n) is 4.95. The molecule has 2 rings (SSSR count). The molecule has 0 aliphatic rings. The van der Waals surface area contributed by atoms with E-state index in [1.807, 2.05) is 0 Å². The topological polar surface area (TPSA) is 50.2 Å². The van der Waals surface area contributed by atoms with E-state index in [1.54, 1.807) is 12.1 Å². The van der Waals surface area contributed by atoms with Crippen molar-refractivity contribution in [3.05, 3.63) is 50.0 Å². The zero-order valence-electron chi connectivity index (χ0n) is 9.12. The van der Waals surface area contributed by atoms with E-state index in [-0.39, 0.29) is 20.8 Å². The molecule has 0 fully saturated rings. The molecular formula is C12H5Cl4NO2. The van der Waals surface area contributed by atoms with Crippen molar-refractivity contribution < 1.29 is 9.90 Å². The van der Waals surface area contributed by atoms with Gasteiger partial charge in [0, 0.05) is 5.56 Å². The molecule has 0 saturated carbocycles. The van der Waals surface area contributed by atoms with Crippen LogP contribution < -0.4 is 0 Å². The summed E-state index contributed by atoms with van der Waals surface area (Å²) in [5, 5.41) is 9.71. The first kappa shape index (κ1) is 14.4. The molecule has 1 aromatic heterocycles. The van der Waals surface area contributed by atoms with Crippen LogP contribution in [0.2, 0.25) is 20.2 Å². The third-order valence-electron chi connectivity index (χ3n) is 2.35. The van der Waals surface area contributed by atoms with E-state index in [2.05, 4.69) is 4.98 Å². The van der Waals surface area contributed by atoms with Gasteiger partial charge in [-0.15, -0.1) is 0 Å². The number of carbonyl (C=O) groups is 1. The SMILES string of the molecule is O=C(O)c1cc(Cl)nc(-c2ccc(Cl)c(Cl)c2Cl)c1. The summed E-state index contributed by atoms with van der Waals surface area (Å²) in [4.78, 5) is 15.0. The Morgan fingerprint density at radius 3 is 2.37 bits per heavy atom. The summed E-state index contributed by atoms with van der Waals surface area (Å²) in [6, 6.07) is 5.76. The number of hydrogen-bond donors (Lipinski definition) is 1. The Balaban J connectivity index is 2.65. The summed E-state index contributed by atoms with van der Waals surface area (Å²) < 4.78 is 0. The number of aromatic nitrogens is 1. The summed E-state index contributed by atoms with van der Waals surface area (Å²) in [5.74, 6) is -1.11. The smallest absolute Gasteiger partial charge is 0.335 e. The van der Waals surface area contributed by atoms with Gasteiger partial charge >= 0.3 is 5.97 Å². The molecule has 0 aliphatic heterocycles. The summed E-state index contributed by atoms with van der Waals surface area (Å²) >= 11 is 23.6. The minimum absolute atomic E-state index is 0.0112. The van der Waals surface area contributed by atoms with E-state index in [1.165, 1.54) is 12.1 Å². The van der Waals surface area contributed by atoms with Gasteiger partial charge < -0.3 is 5.11 Å². The molecule has 0 amide bonds. The lowest BCUT2D eigenvalue weighted by Crippen LogP contribution is -1.98. The molecule has 0 saturated heterocycles. The van der Waals surface area contributed by atoms with Gasteiger partial charge in [0.05, 0.1) is 26.3 Å². The average Bonchev–Trinajstić information content (AvgIpc) is 2.35. The van der Waals surface area contributed by atoms with Crippen LogP contribution in [0.4, 0.5) is 0 Å². The fraction of sp³-hybridized carbons (Fsp3) is 0. The number of aromatic carboxylic acids is 1. The standard InChI is InChI=1S/C12H5Cl4NO2/c13-7-2-1-6(10(15)11(7)16)8-3-5(12(18)19)4-9(14)17-8/h1-4H,(H,18,19). The van der Waals surface area contributed by atoms with Crippen LogP contribution in [0, 0.1) is 0 Å². The van der Waals surface area contributed by atoms with E-state index in [9.17, 15) is 4.79 Å². The van der Waals surface area contributed by atoms with Crippen LogP contribution in [0.1, 0.15) is 10.4 Å². The quantitative estimate of drug-likeness (QED) is 0.616. The van der Waals surface area contributed by atoms with Gasteiger partial charge in [0.1, 0.15) is 5.15 Å². The largest absolute Gasteiger partial charge is 0.478 e. The highest BCUT2D eigenvalue weighted by Crippen LogP contribution is 2.37. The van der Waals surface area contributed by atoms with E-state index >= 15 is 0 Å². The van der Waals surface area contributed by atoms with Crippen molar-refractivity contribution in [3.63, 3.8) is 0 Å². The van der Waals surface area contributed by atoms with Gasteiger partial charge in [-0.2, -0.15) is 0 Å². The maximum Gasteiger partial charge on any atom is 0.335 e. The van der Waals surface area contributed by atoms with Crippen molar-refractivity contribution in [2.75, 3.05) is 0 Å². The molecule has 19 heavy (non-hydrogen) atoms. The van der Waals surface area contributed by atoms with Gasteiger partial charge in [-0.25, -0.2) is 9.78 Å². The van der Waals surface area contributed by atoms with E-state index in [4.69, 9.17) is 51.5 Å². The molecule has 0 radical (unpaired) electrons. The number of carboxylic acid groups (broad SMARTS) is 1. The van der Waals surface area contributed by atoms with Gasteiger partial charge in [0.2, 0.25) is 0 Å². The molecule has 0 aliphatic carbocycles. The second-order valence-corrected chi connectivity index (χ2v) is 5.14. The van der Waals surface area contributed by atoms with Crippen LogP contribution in [-0.4, -0.2) is 16.1 Å². The molecule has 0 bridgehead atoms. The maximum absolute atomic E-state index is 11.0. The molecule has 1 aromatic carbocycles. The monoisotopic (exact) mass is 335 g/mol. The number of pyridine rings is 1. The fourth-order valence-electron chi connectivity index (χ4n) is 1.48. The second-order valence-electron chi connectivity index (χ2n) is 3.59. The van der Waals surface area contributed by atoms with Crippen molar-refractivity contribution in [2.45, 2.75) is 0 Å². The number of hydrogen-bond acceptors (Lipinski definition) is 2. The van der Waals surface area contributed by atoms with Crippen molar-refractivity contribution in [1.29, 1.82) is 0 Å². The molecule has 7 heteroatoms. The fourth-order valence-corrected chi connectivity index (χ4v) is 2.32. The molecule has 98 valence electrons. The number of halogens is 4. The predicted octanol–water partition coefficient (Wildman–Crippen LogP) is 5.06. The first-order valence-corrected chi connectivity index (χ1v) is 6.46. The van der Waals surface area contributed by atoms with Crippen molar-refractivity contribution in [1.82, 2.24) is 4.98 Å². The third-order valence-corrected chi connectivity index (χ3v) is 3.84. The number of rotatable bonds is 2. The van der Waals surface area contributed by atoms with Crippen LogP contribution >= 0.6 is 46.4 Å². The van der Waals surface area contributed by atoms with Crippen LogP contribution in [-0.2, 0) is 0 Å². The maximum atomic E-state index is 11.0. The number of nitrogens with zero attached hydrogens (tertiary/aromatic N) is 1. The van der Waals surface area contributed by atoms with Crippen molar-refractivity contribution in [3.8, 4) is 11.3 Å². The Hall–Kier alpha value is -1.000. The van der Waals surface area contributed by atoms with E-state index in [0.717, 1.165) is 0 Å². The molecule has 1 heterocycles. The molecule has 2 aromatic rings. The minimum atomic E-state index is -1.11. The molecule has 0 spiro atoms. The van der Waals surface area contributed by atoms with Crippen LogP contribution in [0.25, 0.3) is 11.3 Å². The van der Waals surface area contributed by atoms with Crippen LogP contribution in [0.3, 0.4) is 0 Å². The average molecular weight is 337 g/mol.